The number of rotatable bonds is 8. The minimum absolute atomic E-state index is 0.0164. The van der Waals surface area contributed by atoms with Gasteiger partial charge in [0.1, 0.15) is 11.5 Å². The SMILES string of the molecule is CC(C)C(=O)N(Cc1ccc(F)cc1)Cc1c(-c2ccccc2)noc1N(C)C(C)C. The lowest BCUT2D eigenvalue weighted by Gasteiger charge is -2.27. The number of aromatic nitrogens is 1. The molecule has 0 aliphatic rings. The maximum atomic E-state index is 13.4. The minimum Gasteiger partial charge on any atom is -0.341 e. The fourth-order valence-corrected chi connectivity index (χ4v) is 3.36. The van der Waals surface area contributed by atoms with Crippen molar-refractivity contribution < 1.29 is 13.7 Å². The van der Waals surface area contributed by atoms with Crippen molar-refractivity contribution in [2.45, 2.75) is 46.8 Å². The number of hydrogen-bond acceptors (Lipinski definition) is 4. The summed E-state index contributed by atoms with van der Waals surface area (Å²) in [6, 6.07) is 16.3. The second kappa shape index (κ2) is 9.77. The Morgan fingerprint density at radius 3 is 2.23 bits per heavy atom. The molecule has 164 valence electrons. The fraction of sp³-hybridized carbons (Fsp3) is 0.360. The average molecular weight is 424 g/mol. The van der Waals surface area contributed by atoms with Gasteiger partial charge in [0.25, 0.3) is 0 Å². The molecule has 0 bridgehead atoms. The predicted molar refractivity (Wildman–Crippen MR) is 121 cm³/mol. The molecule has 0 aliphatic heterocycles. The third-order valence-electron chi connectivity index (χ3n) is 5.35. The molecule has 6 heteroatoms. The first-order valence-electron chi connectivity index (χ1n) is 10.6. The van der Waals surface area contributed by atoms with E-state index in [2.05, 4.69) is 19.0 Å². The van der Waals surface area contributed by atoms with E-state index >= 15 is 0 Å². The molecule has 0 atom stereocenters. The molecule has 3 rings (SSSR count). The van der Waals surface area contributed by atoms with Crippen LogP contribution in [0.25, 0.3) is 11.3 Å². The molecule has 5 nitrogen and oxygen atoms in total. The number of hydrogen-bond donors (Lipinski definition) is 0. The topological polar surface area (TPSA) is 49.6 Å². The largest absolute Gasteiger partial charge is 0.341 e. The van der Waals surface area contributed by atoms with E-state index in [1.807, 2.05) is 56.1 Å². The summed E-state index contributed by atoms with van der Waals surface area (Å²) in [5, 5.41) is 4.36. The zero-order valence-electron chi connectivity index (χ0n) is 18.8. The fourth-order valence-electron chi connectivity index (χ4n) is 3.36. The van der Waals surface area contributed by atoms with Crippen LogP contribution in [0, 0.1) is 11.7 Å². The van der Waals surface area contributed by atoms with E-state index in [9.17, 15) is 9.18 Å². The Hall–Kier alpha value is -3.15. The molecule has 0 N–H and O–H groups in total. The normalized spacial score (nSPS) is 11.2. The second-order valence-electron chi connectivity index (χ2n) is 8.36. The summed E-state index contributed by atoms with van der Waals surface area (Å²) >= 11 is 0. The van der Waals surface area contributed by atoms with E-state index < -0.39 is 0 Å². The van der Waals surface area contributed by atoms with Crippen LogP contribution in [0.2, 0.25) is 0 Å². The van der Waals surface area contributed by atoms with Gasteiger partial charge in [-0.1, -0.05) is 61.5 Å². The monoisotopic (exact) mass is 423 g/mol. The summed E-state index contributed by atoms with van der Waals surface area (Å²) in [7, 11) is 1.96. The van der Waals surface area contributed by atoms with Crippen molar-refractivity contribution >= 4 is 11.8 Å². The summed E-state index contributed by atoms with van der Waals surface area (Å²) < 4.78 is 19.1. The van der Waals surface area contributed by atoms with E-state index in [0.717, 1.165) is 22.4 Å². The van der Waals surface area contributed by atoms with Crippen molar-refractivity contribution in [2.24, 2.45) is 5.92 Å². The Balaban J connectivity index is 2.03. The lowest BCUT2D eigenvalue weighted by atomic mass is 10.0. The highest BCUT2D eigenvalue weighted by Crippen LogP contribution is 2.33. The molecular formula is C25H30FN3O2. The molecule has 0 saturated carbocycles. The van der Waals surface area contributed by atoms with Gasteiger partial charge in [0.15, 0.2) is 0 Å². The molecule has 1 aromatic heterocycles. The van der Waals surface area contributed by atoms with Crippen LogP contribution in [0.5, 0.6) is 0 Å². The van der Waals surface area contributed by atoms with Crippen molar-refractivity contribution in [1.82, 2.24) is 10.1 Å². The number of carbonyl (C=O) groups excluding carboxylic acids is 1. The molecule has 1 amide bonds. The lowest BCUT2D eigenvalue weighted by molar-refractivity contribution is -0.135. The molecule has 0 aliphatic carbocycles. The number of nitrogens with zero attached hydrogens (tertiary/aromatic N) is 3. The smallest absolute Gasteiger partial charge is 0.232 e. The Morgan fingerprint density at radius 1 is 1.00 bits per heavy atom. The first-order valence-corrected chi connectivity index (χ1v) is 10.6. The molecule has 0 unspecified atom stereocenters. The first kappa shape index (κ1) is 22.5. The molecule has 0 saturated heterocycles. The maximum Gasteiger partial charge on any atom is 0.232 e. The number of benzene rings is 2. The predicted octanol–water partition coefficient (Wildman–Crippen LogP) is 5.51. The Morgan fingerprint density at radius 2 is 1.65 bits per heavy atom. The van der Waals surface area contributed by atoms with Crippen LogP contribution in [0.1, 0.15) is 38.8 Å². The Bertz CT molecular complexity index is 997. The van der Waals surface area contributed by atoms with Crippen LogP contribution in [0.4, 0.5) is 10.3 Å². The number of amides is 1. The van der Waals surface area contributed by atoms with E-state index in [1.165, 1.54) is 12.1 Å². The van der Waals surface area contributed by atoms with Gasteiger partial charge in [-0.2, -0.15) is 0 Å². The molecule has 0 spiro atoms. The molecule has 0 radical (unpaired) electrons. The van der Waals surface area contributed by atoms with E-state index in [4.69, 9.17) is 4.52 Å². The van der Waals surface area contributed by atoms with E-state index in [1.54, 1.807) is 17.0 Å². The lowest BCUT2D eigenvalue weighted by Crippen LogP contribution is -2.34. The van der Waals surface area contributed by atoms with Gasteiger partial charge in [0, 0.05) is 31.1 Å². The summed E-state index contributed by atoms with van der Waals surface area (Å²) in [6.07, 6.45) is 0. The van der Waals surface area contributed by atoms with Gasteiger partial charge in [-0.25, -0.2) is 4.39 Å². The Kier molecular flexibility index (Phi) is 7.10. The third kappa shape index (κ3) is 5.32. The van der Waals surface area contributed by atoms with Crippen molar-refractivity contribution in [2.75, 3.05) is 11.9 Å². The summed E-state index contributed by atoms with van der Waals surface area (Å²) in [6.45, 7) is 8.63. The Labute approximate surface area is 183 Å². The highest BCUT2D eigenvalue weighted by Gasteiger charge is 2.27. The summed E-state index contributed by atoms with van der Waals surface area (Å²) in [5.41, 5.74) is 3.39. The zero-order chi connectivity index (χ0) is 22.5. The van der Waals surface area contributed by atoms with Crippen molar-refractivity contribution in [3.8, 4) is 11.3 Å². The minimum atomic E-state index is -0.295. The molecule has 2 aromatic carbocycles. The van der Waals surface area contributed by atoms with E-state index in [0.29, 0.717) is 19.0 Å². The van der Waals surface area contributed by atoms with Crippen LogP contribution in [-0.2, 0) is 17.9 Å². The van der Waals surface area contributed by atoms with Crippen LogP contribution in [0.15, 0.2) is 59.1 Å². The standard InChI is InChI=1S/C25H30FN3O2/c1-17(2)24(30)29(15-19-11-13-21(26)14-12-19)16-22-23(20-9-7-6-8-10-20)27-31-25(22)28(5)18(3)4/h6-14,17-18H,15-16H2,1-5H3. The zero-order valence-corrected chi connectivity index (χ0v) is 18.8. The van der Waals surface area contributed by atoms with Gasteiger partial charge in [-0.3, -0.25) is 4.79 Å². The van der Waals surface area contributed by atoms with Crippen molar-refractivity contribution in [3.05, 3.63) is 71.5 Å². The van der Waals surface area contributed by atoms with Gasteiger partial charge in [0.2, 0.25) is 11.8 Å². The average Bonchev–Trinajstić information content (AvgIpc) is 3.17. The highest BCUT2D eigenvalue weighted by molar-refractivity contribution is 5.79. The van der Waals surface area contributed by atoms with Gasteiger partial charge < -0.3 is 14.3 Å². The van der Waals surface area contributed by atoms with Crippen LogP contribution in [-0.4, -0.2) is 29.1 Å². The summed E-state index contributed by atoms with van der Waals surface area (Å²) in [4.78, 5) is 16.9. The van der Waals surface area contributed by atoms with Gasteiger partial charge in [-0.15, -0.1) is 0 Å². The van der Waals surface area contributed by atoms with Gasteiger partial charge >= 0.3 is 0 Å². The quantitative estimate of drug-likeness (QED) is 0.479. The molecule has 3 aromatic rings. The molecule has 0 fully saturated rings. The van der Waals surface area contributed by atoms with Crippen LogP contribution < -0.4 is 4.90 Å². The van der Waals surface area contributed by atoms with Gasteiger partial charge in [0.05, 0.1) is 12.1 Å². The van der Waals surface area contributed by atoms with Crippen molar-refractivity contribution in [3.63, 3.8) is 0 Å². The van der Waals surface area contributed by atoms with Crippen LogP contribution >= 0.6 is 0 Å². The van der Waals surface area contributed by atoms with Crippen LogP contribution in [0.3, 0.4) is 0 Å². The summed E-state index contributed by atoms with van der Waals surface area (Å²) in [5.74, 6) is 0.195. The number of halogens is 1. The molecular weight excluding hydrogens is 393 g/mol. The molecule has 31 heavy (non-hydrogen) atoms. The number of carbonyl (C=O) groups is 1. The van der Waals surface area contributed by atoms with Crippen molar-refractivity contribution in [1.29, 1.82) is 0 Å². The first-order chi connectivity index (χ1) is 14.8. The third-order valence-corrected chi connectivity index (χ3v) is 5.35. The number of anilines is 1. The van der Waals surface area contributed by atoms with Gasteiger partial charge in [-0.05, 0) is 31.5 Å². The molecule has 1 heterocycles. The second-order valence-corrected chi connectivity index (χ2v) is 8.36. The maximum absolute atomic E-state index is 13.4. The van der Waals surface area contributed by atoms with E-state index in [-0.39, 0.29) is 23.7 Å². The highest BCUT2D eigenvalue weighted by atomic mass is 19.1.